The average molecular weight is 304 g/mol. The van der Waals surface area contributed by atoms with Crippen molar-refractivity contribution in [3.05, 3.63) is 18.0 Å². The van der Waals surface area contributed by atoms with Crippen LogP contribution in [0.5, 0.6) is 0 Å². The molecule has 0 unspecified atom stereocenters. The predicted octanol–water partition coefficient (Wildman–Crippen LogP) is -0.708. The number of aryl methyl sites for hydroxylation is 1. The van der Waals surface area contributed by atoms with E-state index in [2.05, 4.69) is 14.6 Å². The van der Waals surface area contributed by atoms with E-state index in [1.165, 1.54) is 14.2 Å². The van der Waals surface area contributed by atoms with Crippen molar-refractivity contribution >= 4 is 16.2 Å². The highest BCUT2D eigenvalue weighted by Gasteiger charge is 2.17. The van der Waals surface area contributed by atoms with Crippen LogP contribution in [0, 0.1) is 0 Å². The molecule has 0 bridgehead atoms. The lowest BCUT2D eigenvalue weighted by molar-refractivity contribution is -0.140. The smallest absolute Gasteiger partial charge is 0.306 e. The number of methoxy groups -OCH3 is 1. The summed E-state index contributed by atoms with van der Waals surface area (Å²) < 4.78 is 33.4. The van der Waals surface area contributed by atoms with Crippen molar-refractivity contribution in [1.29, 1.82) is 0 Å². The Morgan fingerprint density at radius 2 is 2.25 bits per heavy atom. The first-order valence-electron chi connectivity index (χ1n) is 6.10. The number of nitrogens with one attached hydrogen (secondary N) is 1. The quantitative estimate of drug-likeness (QED) is 0.641. The number of nitrogens with zero attached hydrogens (tertiary/aromatic N) is 3. The Kier molecular flexibility index (Phi) is 6.11. The van der Waals surface area contributed by atoms with Gasteiger partial charge in [0.15, 0.2) is 0 Å². The number of hydrogen-bond donors (Lipinski definition) is 1. The normalized spacial score (nSPS) is 11.8. The number of ether oxygens (including phenoxy) is 1. The summed E-state index contributed by atoms with van der Waals surface area (Å²) in [6, 6.07) is 0. The van der Waals surface area contributed by atoms with Gasteiger partial charge in [-0.3, -0.25) is 9.48 Å². The van der Waals surface area contributed by atoms with Gasteiger partial charge in [0.05, 0.1) is 19.7 Å². The van der Waals surface area contributed by atoms with Gasteiger partial charge in [0.1, 0.15) is 0 Å². The molecule has 114 valence electrons. The van der Waals surface area contributed by atoms with Crippen LogP contribution in [0.3, 0.4) is 0 Å². The maximum Gasteiger partial charge on any atom is 0.306 e. The van der Waals surface area contributed by atoms with Crippen LogP contribution < -0.4 is 4.72 Å². The second-order valence-corrected chi connectivity index (χ2v) is 6.18. The van der Waals surface area contributed by atoms with Gasteiger partial charge in [-0.25, -0.2) is 4.72 Å². The number of carbonyl (C=O) groups is 1. The van der Waals surface area contributed by atoms with Gasteiger partial charge < -0.3 is 4.74 Å². The van der Waals surface area contributed by atoms with Gasteiger partial charge in [-0.2, -0.15) is 17.8 Å². The third kappa shape index (κ3) is 5.27. The van der Waals surface area contributed by atoms with E-state index in [-0.39, 0.29) is 19.5 Å². The van der Waals surface area contributed by atoms with Gasteiger partial charge >= 0.3 is 5.97 Å². The fourth-order valence-corrected chi connectivity index (χ4v) is 2.42. The van der Waals surface area contributed by atoms with E-state index in [0.717, 1.165) is 9.87 Å². The molecule has 9 heteroatoms. The zero-order valence-corrected chi connectivity index (χ0v) is 12.7. The molecule has 0 aliphatic rings. The van der Waals surface area contributed by atoms with Crippen LogP contribution in [0.1, 0.15) is 12.0 Å². The van der Waals surface area contributed by atoms with E-state index < -0.39 is 16.2 Å². The number of rotatable bonds is 8. The lowest BCUT2D eigenvalue weighted by atomic mass is 10.3. The molecule has 0 aliphatic heterocycles. The molecule has 1 rings (SSSR count). The highest BCUT2D eigenvalue weighted by molar-refractivity contribution is 7.87. The molecule has 1 aromatic rings. The highest BCUT2D eigenvalue weighted by Crippen LogP contribution is 2.00. The molecule has 0 atom stereocenters. The van der Waals surface area contributed by atoms with Gasteiger partial charge in [-0.15, -0.1) is 0 Å². The Hall–Kier alpha value is -1.45. The van der Waals surface area contributed by atoms with Crippen molar-refractivity contribution in [2.75, 3.05) is 27.2 Å². The number of carbonyl (C=O) groups excluding carboxylic acids is 1. The predicted molar refractivity (Wildman–Crippen MR) is 73.1 cm³/mol. The summed E-state index contributed by atoms with van der Waals surface area (Å²) in [5.74, 6) is -0.442. The van der Waals surface area contributed by atoms with Crippen LogP contribution >= 0.6 is 0 Å². The van der Waals surface area contributed by atoms with Gasteiger partial charge in [-0.1, -0.05) is 0 Å². The molecule has 0 spiro atoms. The molecular weight excluding hydrogens is 284 g/mol. The van der Waals surface area contributed by atoms with Gasteiger partial charge in [0.25, 0.3) is 10.2 Å². The third-order valence-corrected chi connectivity index (χ3v) is 4.30. The Balaban J connectivity index is 2.38. The van der Waals surface area contributed by atoms with E-state index in [0.29, 0.717) is 6.42 Å². The average Bonchev–Trinajstić information content (AvgIpc) is 2.80. The third-order valence-electron chi connectivity index (χ3n) is 2.73. The van der Waals surface area contributed by atoms with Gasteiger partial charge in [0.2, 0.25) is 0 Å². The number of esters is 1. The van der Waals surface area contributed by atoms with Crippen molar-refractivity contribution in [2.45, 2.75) is 12.8 Å². The summed E-state index contributed by atoms with van der Waals surface area (Å²) in [5, 5.41) is 4.00. The Labute approximate surface area is 118 Å². The summed E-state index contributed by atoms with van der Waals surface area (Å²) in [5.41, 5.74) is 0.951. The summed E-state index contributed by atoms with van der Waals surface area (Å²) in [4.78, 5) is 11.0. The van der Waals surface area contributed by atoms with Crippen LogP contribution in [-0.2, 0) is 33.2 Å². The Bertz CT molecular complexity index is 540. The van der Waals surface area contributed by atoms with Gasteiger partial charge in [0, 0.05) is 33.4 Å². The van der Waals surface area contributed by atoms with Crippen molar-refractivity contribution in [2.24, 2.45) is 7.05 Å². The van der Waals surface area contributed by atoms with E-state index >= 15 is 0 Å². The number of hydrogen-bond acceptors (Lipinski definition) is 5. The van der Waals surface area contributed by atoms with Crippen LogP contribution in [0.4, 0.5) is 0 Å². The van der Waals surface area contributed by atoms with Crippen LogP contribution in [0.15, 0.2) is 12.4 Å². The first-order valence-corrected chi connectivity index (χ1v) is 7.54. The largest absolute Gasteiger partial charge is 0.469 e. The molecule has 1 heterocycles. The molecule has 0 saturated carbocycles. The first-order chi connectivity index (χ1) is 9.35. The van der Waals surface area contributed by atoms with Crippen molar-refractivity contribution < 1.29 is 17.9 Å². The highest BCUT2D eigenvalue weighted by atomic mass is 32.2. The van der Waals surface area contributed by atoms with E-state index in [9.17, 15) is 13.2 Å². The molecule has 1 N–H and O–H groups in total. The fraction of sp³-hybridized carbons (Fsp3) is 0.636. The molecule has 0 fully saturated rings. The molecule has 20 heavy (non-hydrogen) atoms. The van der Waals surface area contributed by atoms with E-state index in [1.807, 2.05) is 6.20 Å². The monoisotopic (exact) mass is 304 g/mol. The Morgan fingerprint density at radius 3 is 2.80 bits per heavy atom. The lowest BCUT2D eigenvalue weighted by Gasteiger charge is -2.16. The molecule has 0 radical (unpaired) electrons. The number of aromatic nitrogens is 2. The van der Waals surface area contributed by atoms with Crippen LogP contribution in [0.2, 0.25) is 0 Å². The minimum Gasteiger partial charge on any atom is -0.469 e. The fourth-order valence-electron chi connectivity index (χ4n) is 1.51. The van der Waals surface area contributed by atoms with Crippen molar-refractivity contribution in [3.63, 3.8) is 0 Å². The summed E-state index contributed by atoms with van der Waals surface area (Å²) >= 11 is 0. The standard InChI is InChI=1S/C11H20N4O4S/c1-14-9-10(8-12-14)4-6-13-20(17,18)15(2)7-5-11(16)19-3/h8-9,13H,4-7H2,1-3H3. The van der Waals surface area contributed by atoms with Crippen LogP contribution in [0.25, 0.3) is 0 Å². The summed E-state index contributed by atoms with van der Waals surface area (Å²) in [7, 11) is 0.900. The lowest BCUT2D eigenvalue weighted by Crippen LogP contribution is -2.40. The first kappa shape index (κ1) is 16.6. The second-order valence-electron chi connectivity index (χ2n) is 4.32. The van der Waals surface area contributed by atoms with Crippen LogP contribution in [-0.4, -0.2) is 55.7 Å². The summed E-state index contributed by atoms with van der Waals surface area (Å²) in [6.07, 6.45) is 4.10. The molecule has 0 aromatic carbocycles. The van der Waals surface area contributed by atoms with E-state index in [4.69, 9.17) is 0 Å². The van der Waals surface area contributed by atoms with Gasteiger partial charge in [-0.05, 0) is 12.0 Å². The molecule has 0 amide bonds. The molecule has 0 saturated heterocycles. The minimum atomic E-state index is -3.58. The molecule has 0 aliphatic carbocycles. The SMILES string of the molecule is COC(=O)CCN(C)S(=O)(=O)NCCc1cnn(C)c1. The molecule has 1 aromatic heterocycles. The van der Waals surface area contributed by atoms with Crippen molar-refractivity contribution in [3.8, 4) is 0 Å². The zero-order valence-electron chi connectivity index (χ0n) is 11.9. The minimum absolute atomic E-state index is 0.0243. The Morgan fingerprint density at radius 1 is 1.55 bits per heavy atom. The maximum atomic E-state index is 11.9. The zero-order chi connectivity index (χ0) is 15.2. The van der Waals surface area contributed by atoms with Crippen molar-refractivity contribution in [1.82, 2.24) is 18.8 Å². The second kappa shape index (κ2) is 7.36. The molecule has 8 nitrogen and oxygen atoms in total. The topological polar surface area (TPSA) is 93.5 Å². The van der Waals surface area contributed by atoms with E-state index in [1.54, 1.807) is 17.9 Å². The summed E-state index contributed by atoms with van der Waals surface area (Å²) in [6.45, 7) is 0.353. The maximum absolute atomic E-state index is 11.9. The molecular formula is C11H20N4O4S.